The van der Waals surface area contributed by atoms with E-state index in [-0.39, 0.29) is 6.09 Å². The summed E-state index contributed by atoms with van der Waals surface area (Å²) in [5, 5.41) is 0. The number of nitrogens with one attached hydrogen (secondary N) is 1. The van der Waals surface area contributed by atoms with Crippen LogP contribution in [0.4, 0.5) is 4.79 Å². The molecule has 2 heterocycles. The molecule has 0 radical (unpaired) electrons. The van der Waals surface area contributed by atoms with Crippen molar-refractivity contribution in [3.63, 3.8) is 0 Å². The van der Waals surface area contributed by atoms with Crippen LogP contribution in [0.2, 0.25) is 0 Å². The van der Waals surface area contributed by atoms with Gasteiger partial charge in [-0.3, -0.25) is 0 Å². The number of rotatable bonds is 0. The van der Waals surface area contributed by atoms with Gasteiger partial charge in [-0.05, 0) is 0 Å². The third-order valence-electron chi connectivity index (χ3n) is 3.23. The first-order valence-electron chi connectivity index (χ1n) is 4.73. The molecule has 13 heavy (non-hydrogen) atoms. The minimum absolute atomic E-state index is 0.192. The maximum absolute atomic E-state index is 11.2. The van der Waals surface area contributed by atoms with Gasteiger partial charge in [0.15, 0.2) is 0 Å². The number of methoxy groups -OCH3 is 1. The molecular weight excluding hydrogens is 168 g/mol. The minimum atomic E-state index is -0.192. The molecule has 1 amide bonds. The van der Waals surface area contributed by atoms with Crippen LogP contribution in [0.25, 0.3) is 0 Å². The molecule has 0 saturated carbocycles. The van der Waals surface area contributed by atoms with E-state index in [0.29, 0.717) is 12.0 Å². The van der Waals surface area contributed by atoms with Crippen molar-refractivity contribution in [1.82, 2.24) is 4.90 Å². The molecule has 2 aliphatic rings. The molecule has 4 heteroatoms. The van der Waals surface area contributed by atoms with E-state index in [9.17, 15) is 4.79 Å². The van der Waals surface area contributed by atoms with Crippen LogP contribution in [-0.4, -0.2) is 43.8 Å². The fourth-order valence-electron chi connectivity index (χ4n) is 2.46. The number of carbonyl (C=O) groups excluding carboxylic acids is 1. The van der Waals surface area contributed by atoms with E-state index in [1.165, 1.54) is 18.4 Å². The van der Waals surface area contributed by atoms with Crippen LogP contribution < -0.4 is 4.90 Å². The van der Waals surface area contributed by atoms with Gasteiger partial charge < -0.3 is 14.5 Å². The molecular formula is C9H16N2O2. The Labute approximate surface area is 78.4 Å². The molecule has 0 spiro atoms. The smallest absolute Gasteiger partial charge is 0.409 e. The van der Waals surface area contributed by atoms with Crippen LogP contribution in [0.15, 0.2) is 0 Å². The number of ether oxygens (including phenoxy) is 1. The lowest BCUT2D eigenvalue weighted by Crippen LogP contribution is -3.09. The first kappa shape index (κ1) is 8.81. The first-order chi connectivity index (χ1) is 6.22. The average Bonchev–Trinajstić information content (AvgIpc) is 2.67. The zero-order valence-electron chi connectivity index (χ0n) is 7.95. The van der Waals surface area contributed by atoms with Crippen LogP contribution in [0.1, 0.15) is 6.42 Å². The molecule has 2 saturated heterocycles. The molecule has 0 aromatic heterocycles. The summed E-state index contributed by atoms with van der Waals surface area (Å²) in [6.45, 7) is 2.82. The molecule has 0 bridgehead atoms. The molecule has 3 unspecified atom stereocenters. The Bertz CT molecular complexity index is 220. The van der Waals surface area contributed by atoms with Crippen molar-refractivity contribution in [2.45, 2.75) is 12.5 Å². The highest BCUT2D eigenvalue weighted by Gasteiger charge is 2.42. The zero-order valence-corrected chi connectivity index (χ0v) is 7.95. The van der Waals surface area contributed by atoms with E-state index in [4.69, 9.17) is 4.74 Å². The minimum Gasteiger partial charge on any atom is -0.464 e. The fourth-order valence-corrected chi connectivity index (χ4v) is 2.46. The van der Waals surface area contributed by atoms with Crippen molar-refractivity contribution in [2.24, 2.45) is 5.92 Å². The van der Waals surface area contributed by atoms with E-state index in [2.05, 4.69) is 7.05 Å². The highest BCUT2D eigenvalue weighted by Crippen LogP contribution is 2.21. The number of quaternary nitrogens is 1. The van der Waals surface area contributed by atoms with E-state index >= 15 is 0 Å². The third kappa shape index (κ3) is 1.39. The highest BCUT2D eigenvalue weighted by molar-refractivity contribution is 5.67. The second-order valence-corrected chi connectivity index (χ2v) is 3.94. The van der Waals surface area contributed by atoms with E-state index in [0.717, 1.165) is 19.6 Å². The number of hydrogen-bond acceptors (Lipinski definition) is 2. The quantitative estimate of drug-likeness (QED) is 0.497. The zero-order chi connectivity index (χ0) is 9.42. The summed E-state index contributed by atoms with van der Waals surface area (Å²) in [4.78, 5) is 14.3. The number of hydrogen-bond donors (Lipinski definition) is 1. The van der Waals surface area contributed by atoms with Gasteiger partial charge in [-0.25, -0.2) is 4.79 Å². The number of fused-ring (bicyclic) bond motifs is 1. The summed E-state index contributed by atoms with van der Waals surface area (Å²) in [6.07, 6.45) is 0.999. The van der Waals surface area contributed by atoms with Crippen molar-refractivity contribution < 1.29 is 14.4 Å². The standard InChI is InChI=1S/C9H16N2O2/c1-10-4-3-7-5-11(6-8(7)10)9(12)13-2/h7-8,10H,1,3-6H2,2H3. The predicted molar refractivity (Wildman–Crippen MR) is 47.1 cm³/mol. The monoisotopic (exact) mass is 184 g/mol. The van der Waals surface area contributed by atoms with Gasteiger partial charge in [0, 0.05) is 18.9 Å². The number of carbonyl (C=O) groups is 1. The van der Waals surface area contributed by atoms with Crippen molar-refractivity contribution in [1.29, 1.82) is 0 Å². The van der Waals surface area contributed by atoms with Crippen LogP contribution in [0.3, 0.4) is 0 Å². The summed E-state index contributed by atoms with van der Waals surface area (Å²) >= 11 is 0. The normalized spacial score (nSPS) is 37.7. The molecule has 2 fully saturated rings. The lowest BCUT2D eigenvalue weighted by Gasteiger charge is -2.22. The van der Waals surface area contributed by atoms with Gasteiger partial charge in [0.25, 0.3) is 0 Å². The van der Waals surface area contributed by atoms with E-state index < -0.39 is 0 Å². The van der Waals surface area contributed by atoms with Crippen molar-refractivity contribution in [3.8, 4) is 0 Å². The molecule has 3 atom stereocenters. The maximum atomic E-state index is 11.2. The molecule has 74 valence electrons. The fraction of sp³-hybridized carbons (Fsp3) is 0.778. The maximum Gasteiger partial charge on any atom is 0.409 e. The molecule has 0 aromatic carbocycles. The second kappa shape index (κ2) is 3.18. The lowest BCUT2D eigenvalue weighted by molar-refractivity contribution is -0.866. The van der Waals surface area contributed by atoms with Crippen molar-refractivity contribution >= 4 is 6.09 Å². The molecule has 1 N–H and O–H groups in total. The van der Waals surface area contributed by atoms with Gasteiger partial charge in [-0.15, -0.1) is 0 Å². The lowest BCUT2D eigenvalue weighted by atomic mass is 10.1. The Balaban J connectivity index is 1.98. The summed E-state index contributed by atoms with van der Waals surface area (Å²) in [5.74, 6) is 0.645. The Morgan fingerprint density at radius 2 is 2.38 bits per heavy atom. The van der Waals surface area contributed by atoms with Crippen LogP contribution in [-0.2, 0) is 4.74 Å². The molecule has 2 rings (SSSR count). The summed E-state index contributed by atoms with van der Waals surface area (Å²) in [7, 11) is 5.47. The van der Waals surface area contributed by atoms with Gasteiger partial charge in [-0.2, -0.15) is 7.05 Å². The van der Waals surface area contributed by atoms with Crippen molar-refractivity contribution in [2.75, 3.05) is 26.7 Å². The Hall–Kier alpha value is -0.770. The van der Waals surface area contributed by atoms with Gasteiger partial charge in [0.2, 0.25) is 0 Å². The second-order valence-electron chi connectivity index (χ2n) is 3.94. The van der Waals surface area contributed by atoms with Gasteiger partial charge in [-0.1, -0.05) is 0 Å². The van der Waals surface area contributed by atoms with Gasteiger partial charge in [0.05, 0.1) is 26.2 Å². The SMILES string of the molecule is [CH2-][NH+]1CCC2CN(C(=O)OC)CC21. The topological polar surface area (TPSA) is 34.0 Å². The van der Waals surface area contributed by atoms with Crippen LogP contribution >= 0.6 is 0 Å². The first-order valence-corrected chi connectivity index (χ1v) is 4.73. The summed E-state index contributed by atoms with van der Waals surface area (Å²) in [5.41, 5.74) is 0. The van der Waals surface area contributed by atoms with E-state index in [1.807, 2.05) is 0 Å². The number of amides is 1. The predicted octanol–water partition coefficient (Wildman–Crippen LogP) is -0.867. The summed E-state index contributed by atoms with van der Waals surface area (Å²) in [6, 6.07) is 0.541. The molecule has 0 aliphatic carbocycles. The number of nitrogens with zero attached hydrogens (tertiary/aromatic N) is 1. The molecule has 4 nitrogen and oxygen atoms in total. The Morgan fingerprint density at radius 3 is 3.00 bits per heavy atom. The van der Waals surface area contributed by atoms with Gasteiger partial charge in [0.1, 0.15) is 0 Å². The van der Waals surface area contributed by atoms with Crippen LogP contribution in [0.5, 0.6) is 0 Å². The van der Waals surface area contributed by atoms with Crippen molar-refractivity contribution in [3.05, 3.63) is 7.05 Å². The largest absolute Gasteiger partial charge is 0.464 e. The average molecular weight is 184 g/mol. The Morgan fingerprint density at radius 1 is 1.62 bits per heavy atom. The Kier molecular flexibility index (Phi) is 2.15. The van der Waals surface area contributed by atoms with Crippen LogP contribution in [0, 0.1) is 13.0 Å². The number of likely N-dealkylation sites (tertiary alicyclic amines) is 2. The van der Waals surface area contributed by atoms with E-state index in [1.54, 1.807) is 4.90 Å². The van der Waals surface area contributed by atoms with Gasteiger partial charge >= 0.3 is 6.09 Å². The summed E-state index contributed by atoms with van der Waals surface area (Å²) < 4.78 is 4.69. The molecule has 0 aromatic rings. The highest BCUT2D eigenvalue weighted by atomic mass is 16.5. The third-order valence-corrected chi connectivity index (χ3v) is 3.23. The molecule has 2 aliphatic heterocycles.